The van der Waals surface area contributed by atoms with E-state index in [0.29, 0.717) is 5.69 Å². The molecule has 1 heterocycles. The third-order valence-electron chi connectivity index (χ3n) is 3.28. The van der Waals surface area contributed by atoms with Gasteiger partial charge in [-0.1, -0.05) is 6.07 Å². The molecule has 0 radical (unpaired) electrons. The first-order valence-electron chi connectivity index (χ1n) is 5.97. The first-order chi connectivity index (χ1) is 8.11. The first-order valence-corrected chi connectivity index (χ1v) is 5.97. The van der Waals surface area contributed by atoms with Gasteiger partial charge in [0.15, 0.2) is 11.6 Å². The molecule has 0 spiro atoms. The highest BCUT2D eigenvalue weighted by atomic mass is 19.2. The van der Waals surface area contributed by atoms with Crippen LogP contribution in [0.1, 0.15) is 24.3 Å². The normalized spacial score (nSPS) is 20.4. The number of rotatable bonds is 2. The SMILES string of the molecule is CN(C)c1c(C2CCCNC2)ccc(F)c1F. The van der Waals surface area contributed by atoms with Crippen molar-refractivity contribution in [2.75, 3.05) is 32.1 Å². The summed E-state index contributed by atoms with van der Waals surface area (Å²) >= 11 is 0. The molecule has 0 amide bonds. The standard InChI is InChI=1S/C13H18F2N2/c1-17(2)13-10(5-6-11(14)12(13)15)9-4-3-7-16-8-9/h5-6,9,16H,3-4,7-8H2,1-2H3. The monoisotopic (exact) mass is 240 g/mol. The molecular weight excluding hydrogens is 222 g/mol. The highest BCUT2D eigenvalue weighted by molar-refractivity contribution is 5.56. The molecule has 1 aromatic rings. The smallest absolute Gasteiger partial charge is 0.182 e. The molecular formula is C13H18F2N2. The van der Waals surface area contributed by atoms with Crippen LogP contribution in [-0.2, 0) is 0 Å². The van der Waals surface area contributed by atoms with Crippen molar-refractivity contribution in [3.63, 3.8) is 0 Å². The van der Waals surface area contributed by atoms with E-state index in [1.165, 1.54) is 6.07 Å². The lowest BCUT2D eigenvalue weighted by molar-refractivity contribution is 0.455. The lowest BCUT2D eigenvalue weighted by atomic mass is 9.90. The van der Waals surface area contributed by atoms with Crippen LogP contribution >= 0.6 is 0 Å². The molecule has 4 heteroatoms. The van der Waals surface area contributed by atoms with Crippen LogP contribution in [-0.4, -0.2) is 27.2 Å². The summed E-state index contributed by atoms with van der Waals surface area (Å²) in [5.41, 5.74) is 1.29. The zero-order valence-corrected chi connectivity index (χ0v) is 10.3. The van der Waals surface area contributed by atoms with E-state index in [9.17, 15) is 8.78 Å². The van der Waals surface area contributed by atoms with Crippen LogP contribution in [0.4, 0.5) is 14.5 Å². The van der Waals surface area contributed by atoms with Gasteiger partial charge in [0.25, 0.3) is 0 Å². The zero-order valence-electron chi connectivity index (χ0n) is 10.3. The Balaban J connectivity index is 2.41. The summed E-state index contributed by atoms with van der Waals surface area (Å²) < 4.78 is 27.1. The lowest BCUT2D eigenvalue weighted by Crippen LogP contribution is -2.29. The van der Waals surface area contributed by atoms with Gasteiger partial charge >= 0.3 is 0 Å². The number of benzene rings is 1. The molecule has 0 aromatic heterocycles. The van der Waals surface area contributed by atoms with E-state index in [1.54, 1.807) is 25.1 Å². The lowest BCUT2D eigenvalue weighted by Gasteiger charge is -2.28. The highest BCUT2D eigenvalue weighted by Crippen LogP contribution is 2.33. The van der Waals surface area contributed by atoms with E-state index in [1.807, 2.05) is 0 Å². The Morgan fingerprint density at radius 1 is 1.29 bits per heavy atom. The van der Waals surface area contributed by atoms with Crippen molar-refractivity contribution in [2.24, 2.45) is 0 Å². The predicted molar refractivity (Wildman–Crippen MR) is 65.5 cm³/mol. The van der Waals surface area contributed by atoms with Gasteiger partial charge in [-0.2, -0.15) is 0 Å². The highest BCUT2D eigenvalue weighted by Gasteiger charge is 2.23. The molecule has 1 fully saturated rings. The number of nitrogens with zero attached hydrogens (tertiary/aromatic N) is 1. The summed E-state index contributed by atoms with van der Waals surface area (Å²) in [5.74, 6) is -1.24. The molecule has 1 aliphatic heterocycles. The third-order valence-corrected chi connectivity index (χ3v) is 3.28. The Morgan fingerprint density at radius 2 is 2.06 bits per heavy atom. The van der Waals surface area contributed by atoms with Crippen LogP contribution in [0.5, 0.6) is 0 Å². The minimum Gasteiger partial charge on any atom is -0.375 e. The number of nitrogens with one attached hydrogen (secondary N) is 1. The average molecular weight is 240 g/mol. The van der Waals surface area contributed by atoms with Crippen LogP contribution in [0, 0.1) is 11.6 Å². The average Bonchev–Trinajstić information content (AvgIpc) is 2.33. The van der Waals surface area contributed by atoms with E-state index in [-0.39, 0.29) is 5.92 Å². The molecule has 1 aromatic carbocycles. The van der Waals surface area contributed by atoms with Crippen molar-refractivity contribution < 1.29 is 8.78 Å². The van der Waals surface area contributed by atoms with E-state index in [0.717, 1.165) is 31.5 Å². The number of hydrogen-bond acceptors (Lipinski definition) is 2. The summed E-state index contributed by atoms with van der Waals surface area (Å²) in [4.78, 5) is 1.66. The Hall–Kier alpha value is -1.16. The van der Waals surface area contributed by atoms with Gasteiger partial charge < -0.3 is 10.2 Å². The second-order valence-corrected chi connectivity index (χ2v) is 4.74. The number of anilines is 1. The quantitative estimate of drug-likeness (QED) is 0.854. The summed E-state index contributed by atoms with van der Waals surface area (Å²) in [5, 5.41) is 3.30. The molecule has 1 unspecified atom stereocenters. The molecule has 0 aliphatic carbocycles. The van der Waals surface area contributed by atoms with Gasteiger partial charge in [-0.3, -0.25) is 0 Å². The van der Waals surface area contributed by atoms with Crippen LogP contribution in [0.2, 0.25) is 0 Å². The Bertz CT molecular complexity index is 399. The minimum absolute atomic E-state index is 0.274. The van der Waals surface area contributed by atoms with Crippen molar-refractivity contribution in [3.05, 3.63) is 29.3 Å². The fourth-order valence-corrected chi connectivity index (χ4v) is 2.46. The maximum Gasteiger partial charge on any atom is 0.182 e. The van der Waals surface area contributed by atoms with Crippen molar-refractivity contribution >= 4 is 5.69 Å². The van der Waals surface area contributed by atoms with E-state index >= 15 is 0 Å². The Morgan fingerprint density at radius 3 is 2.65 bits per heavy atom. The number of hydrogen-bond donors (Lipinski definition) is 1. The van der Waals surface area contributed by atoms with Gasteiger partial charge in [0.1, 0.15) is 0 Å². The fourth-order valence-electron chi connectivity index (χ4n) is 2.46. The molecule has 1 atom stereocenters. The molecule has 0 saturated carbocycles. The van der Waals surface area contributed by atoms with Crippen LogP contribution in [0.25, 0.3) is 0 Å². The molecule has 2 nitrogen and oxygen atoms in total. The second kappa shape index (κ2) is 5.00. The molecule has 0 bridgehead atoms. The van der Waals surface area contributed by atoms with Gasteiger partial charge in [-0.05, 0) is 36.9 Å². The van der Waals surface area contributed by atoms with Crippen molar-refractivity contribution in [1.29, 1.82) is 0 Å². The van der Waals surface area contributed by atoms with Crippen molar-refractivity contribution in [2.45, 2.75) is 18.8 Å². The molecule has 2 rings (SSSR count). The van der Waals surface area contributed by atoms with Crippen LogP contribution in [0.3, 0.4) is 0 Å². The van der Waals surface area contributed by atoms with E-state index < -0.39 is 11.6 Å². The third kappa shape index (κ3) is 2.41. The van der Waals surface area contributed by atoms with E-state index in [4.69, 9.17) is 0 Å². The molecule has 1 aliphatic rings. The summed E-state index contributed by atoms with van der Waals surface area (Å²) in [7, 11) is 3.50. The first kappa shape index (κ1) is 12.3. The van der Waals surface area contributed by atoms with Gasteiger partial charge in [-0.25, -0.2) is 8.78 Å². The zero-order chi connectivity index (χ0) is 12.4. The van der Waals surface area contributed by atoms with Gasteiger partial charge in [0, 0.05) is 20.6 Å². The Labute approximate surface area is 101 Å². The molecule has 17 heavy (non-hydrogen) atoms. The topological polar surface area (TPSA) is 15.3 Å². The van der Waals surface area contributed by atoms with Crippen LogP contribution in [0.15, 0.2) is 12.1 Å². The number of piperidine rings is 1. The van der Waals surface area contributed by atoms with Gasteiger partial charge in [0.05, 0.1) is 5.69 Å². The maximum atomic E-state index is 13.8. The maximum absolute atomic E-state index is 13.8. The van der Waals surface area contributed by atoms with Crippen LogP contribution < -0.4 is 10.2 Å². The van der Waals surface area contributed by atoms with Crippen molar-refractivity contribution in [1.82, 2.24) is 5.32 Å². The Kier molecular flexibility index (Phi) is 3.62. The summed E-state index contributed by atoms with van der Waals surface area (Å²) in [6.07, 6.45) is 2.11. The van der Waals surface area contributed by atoms with Gasteiger partial charge in [0.2, 0.25) is 0 Å². The largest absolute Gasteiger partial charge is 0.375 e. The van der Waals surface area contributed by atoms with Crippen molar-refractivity contribution in [3.8, 4) is 0 Å². The molecule has 1 saturated heterocycles. The predicted octanol–water partition coefficient (Wildman–Crippen LogP) is 2.50. The summed E-state index contributed by atoms with van der Waals surface area (Å²) in [6, 6.07) is 2.94. The van der Waals surface area contributed by atoms with E-state index in [2.05, 4.69) is 5.32 Å². The molecule has 1 N–H and O–H groups in total. The van der Waals surface area contributed by atoms with Gasteiger partial charge in [-0.15, -0.1) is 0 Å². The fraction of sp³-hybridized carbons (Fsp3) is 0.538. The second-order valence-electron chi connectivity index (χ2n) is 4.74. The summed E-state index contributed by atoms with van der Waals surface area (Å²) in [6.45, 7) is 1.85. The number of halogens is 2. The minimum atomic E-state index is -0.777. The molecule has 94 valence electrons.